The van der Waals surface area contributed by atoms with Gasteiger partial charge in [0.25, 0.3) is 5.91 Å². The number of aromatic nitrogens is 2. The minimum atomic E-state index is -0.948. The molecule has 0 saturated carbocycles. The maximum Gasteiger partial charge on any atom is 0.326 e. The molecule has 1 aliphatic heterocycles. The molecule has 0 bridgehead atoms. The van der Waals surface area contributed by atoms with Crippen LogP contribution in [0.25, 0.3) is 0 Å². The Balaban J connectivity index is 2.17. The fraction of sp³-hybridized carbons (Fsp3) is 0.556. The summed E-state index contributed by atoms with van der Waals surface area (Å²) in [5.41, 5.74) is 0.234. The van der Waals surface area contributed by atoms with Crippen LogP contribution in [0.4, 0.5) is 0 Å². The van der Waals surface area contributed by atoms with Gasteiger partial charge < -0.3 is 10.0 Å². The van der Waals surface area contributed by atoms with E-state index in [-0.39, 0.29) is 11.6 Å². The molecule has 0 aliphatic carbocycles. The van der Waals surface area contributed by atoms with E-state index in [1.54, 1.807) is 0 Å². The first-order valence-electron chi connectivity index (χ1n) is 5.01. The van der Waals surface area contributed by atoms with Crippen molar-refractivity contribution >= 4 is 23.6 Å². The van der Waals surface area contributed by atoms with E-state index in [9.17, 15) is 9.59 Å². The number of hydrogen-bond acceptors (Lipinski definition) is 5. The number of amides is 1. The number of carbonyl (C=O) groups excluding carboxylic acids is 1. The van der Waals surface area contributed by atoms with Crippen LogP contribution in [-0.4, -0.2) is 43.2 Å². The van der Waals surface area contributed by atoms with E-state index in [1.165, 1.54) is 11.1 Å². The zero-order valence-electron chi connectivity index (χ0n) is 8.50. The Morgan fingerprint density at radius 3 is 2.94 bits per heavy atom. The number of carbonyl (C=O) groups is 2. The molecule has 1 aromatic heterocycles. The van der Waals surface area contributed by atoms with Gasteiger partial charge in [0.2, 0.25) is 0 Å². The van der Waals surface area contributed by atoms with E-state index in [4.69, 9.17) is 5.11 Å². The molecular formula is C9H11N3O3S. The van der Waals surface area contributed by atoms with Crippen LogP contribution < -0.4 is 0 Å². The molecule has 1 aromatic rings. The average Bonchev–Trinajstić information content (AvgIpc) is 2.81. The van der Waals surface area contributed by atoms with E-state index in [0.29, 0.717) is 13.0 Å². The minimum absolute atomic E-state index is 0.234. The third-order valence-corrected chi connectivity index (χ3v) is 3.11. The number of aliphatic carboxylic acids is 1. The number of hydrogen-bond donors (Lipinski definition) is 1. The first-order valence-corrected chi connectivity index (χ1v) is 5.74. The van der Waals surface area contributed by atoms with Crippen LogP contribution in [0.3, 0.4) is 0 Å². The Bertz CT molecular complexity index is 393. The van der Waals surface area contributed by atoms with Gasteiger partial charge in [0.15, 0.2) is 5.69 Å². The van der Waals surface area contributed by atoms with Crippen molar-refractivity contribution in [2.45, 2.75) is 25.3 Å². The first kappa shape index (κ1) is 11.0. The second-order valence-electron chi connectivity index (χ2n) is 3.64. The number of piperidine rings is 1. The minimum Gasteiger partial charge on any atom is -0.480 e. The van der Waals surface area contributed by atoms with Gasteiger partial charge in [-0.3, -0.25) is 4.79 Å². The van der Waals surface area contributed by atoms with Gasteiger partial charge in [-0.05, 0) is 19.3 Å². The van der Waals surface area contributed by atoms with Gasteiger partial charge in [0.05, 0.1) is 17.9 Å². The van der Waals surface area contributed by atoms with Gasteiger partial charge in [-0.1, -0.05) is 0 Å². The Morgan fingerprint density at radius 1 is 1.50 bits per heavy atom. The summed E-state index contributed by atoms with van der Waals surface area (Å²) >= 11 is 0.947. The van der Waals surface area contributed by atoms with Gasteiger partial charge in [-0.2, -0.15) is 8.75 Å². The Morgan fingerprint density at radius 2 is 2.31 bits per heavy atom. The molecule has 1 unspecified atom stereocenters. The van der Waals surface area contributed by atoms with Crippen molar-refractivity contribution in [1.82, 2.24) is 13.6 Å². The SMILES string of the molecule is O=C(O)C1CCCCN1C(=O)c1cnsn1. The lowest BCUT2D eigenvalue weighted by atomic mass is 10.0. The lowest BCUT2D eigenvalue weighted by Crippen LogP contribution is -2.48. The summed E-state index contributed by atoms with van der Waals surface area (Å²) in [6.45, 7) is 0.479. The molecule has 1 N–H and O–H groups in total. The lowest BCUT2D eigenvalue weighted by molar-refractivity contribution is -0.143. The largest absolute Gasteiger partial charge is 0.480 e. The van der Waals surface area contributed by atoms with Crippen LogP contribution in [0.1, 0.15) is 29.8 Å². The van der Waals surface area contributed by atoms with Crippen molar-refractivity contribution in [3.05, 3.63) is 11.9 Å². The third-order valence-electron chi connectivity index (χ3n) is 2.63. The maximum atomic E-state index is 11.9. The van der Waals surface area contributed by atoms with Crippen LogP contribution in [0.2, 0.25) is 0 Å². The zero-order valence-corrected chi connectivity index (χ0v) is 9.31. The van der Waals surface area contributed by atoms with Crippen LogP contribution in [-0.2, 0) is 4.79 Å². The number of carboxylic acids is 1. The highest BCUT2D eigenvalue weighted by Crippen LogP contribution is 2.19. The summed E-state index contributed by atoms with van der Waals surface area (Å²) < 4.78 is 7.58. The molecule has 6 nitrogen and oxygen atoms in total. The summed E-state index contributed by atoms with van der Waals surface area (Å²) in [7, 11) is 0. The molecular weight excluding hydrogens is 230 g/mol. The molecule has 16 heavy (non-hydrogen) atoms. The van der Waals surface area contributed by atoms with Crippen molar-refractivity contribution in [3.63, 3.8) is 0 Å². The predicted octanol–water partition coefficient (Wildman–Crippen LogP) is 0.617. The monoisotopic (exact) mass is 241 g/mol. The summed E-state index contributed by atoms with van der Waals surface area (Å²) in [6.07, 6.45) is 3.57. The van der Waals surface area contributed by atoms with Crippen molar-refractivity contribution in [3.8, 4) is 0 Å². The fourth-order valence-electron chi connectivity index (χ4n) is 1.84. The second kappa shape index (κ2) is 4.56. The Hall–Kier alpha value is -1.50. The van der Waals surface area contributed by atoms with Crippen LogP contribution in [0.5, 0.6) is 0 Å². The molecule has 7 heteroatoms. The van der Waals surface area contributed by atoms with Crippen LogP contribution >= 0.6 is 11.7 Å². The smallest absolute Gasteiger partial charge is 0.326 e. The summed E-state index contributed by atoms with van der Waals surface area (Å²) in [6, 6.07) is -0.719. The molecule has 0 radical (unpaired) electrons. The highest BCUT2D eigenvalue weighted by atomic mass is 32.1. The van der Waals surface area contributed by atoms with Crippen LogP contribution in [0, 0.1) is 0 Å². The Kier molecular flexibility index (Phi) is 3.14. The van der Waals surface area contributed by atoms with E-state index < -0.39 is 12.0 Å². The number of carboxylic acid groups (broad SMARTS) is 1. The standard InChI is InChI=1S/C9H11N3O3S/c13-8(6-5-10-16-11-6)12-4-2-1-3-7(12)9(14)15/h5,7H,1-4H2,(H,14,15). The number of rotatable bonds is 2. The van der Waals surface area contributed by atoms with Gasteiger partial charge in [0, 0.05) is 6.54 Å². The molecule has 0 aromatic carbocycles. The van der Waals surface area contributed by atoms with Gasteiger partial charge in [-0.25, -0.2) is 4.79 Å². The van der Waals surface area contributed by atoms with Crippen molar-refractivity contribution in [1.29, 1.82) is 0 Å². The van der Waals surface area contributed by atoms with Crippen molar-refractivity contribution in [2.24, 2.45) is 0 Å². The third kappa shape index (κ3) is 2.04. The molecule has 1 aliphatic rings. The molecule has 1 saturated heterocycles. The van der Waals surface area contributed by atoms with Crippen LogP contribution in [0.15, 0.2) is 6.20 Å². The predicted molar refractivity (Wildman–Crippen MR) is 56.2 cm³/mol. The van der Waals surface area contributed by atoms with E-state index in [0.717, 1.165) is 24.6 Å². The summed E-state index contributed by atoms with van der Waals surface area (Å²) in [4.78, 5) is 24.3. The number of nitrogens with zero attached hydrogens (tertiary/aromatic N) is 3. The maximum absolute atomic E-state index is 11.9. The van der Waals surface area contributed by atoms with Gasteiger partial charge in [0.1, 0.15) is 6.04 Å². The lowest BCUT2D eigenvalue weighted by Gasteiger charge is -2.32. The first-order chi connectivity index (χ1) is 7.70. The normalized spacial score (nSPS) is 20.8. The quantitative estimate of drug-likeness (QED) is 0.820. The molecule has 2 heterocycles. The van der Waals surface area contributed by atoms with Crippen molar-refractivity contribution in [2.75, 3.05) is 6.54 Å². The second-order valence-corrected chi connectivity index (χ2v) is 4.20. The molecule has 86 valence electrons. The van der Waals surface area contributed by atoms with E-state index >= 15 is 0 Å². The molecule has 1 atom stereocenters. The highest BCUT2D eigenvalue weighted by molar-refractivity contribution is 6.99. The topological polar surface area (TPSA) is 83.4 Å². The summed E-state index contributed by atoms with van der Waals surface area (Å²) in [5, 5.41) is 9.03. The average molecular weight is 241 g/mol. The fourth-order valence-corrected chi connectivity index (χ4v) is 2.24. The molecule has 1 fully saturated rings. The van der Waals surface area contributed by atoms with E-state index in [1.807, 2.05) is 0 Å². The van der Waals surface area contributed by atoms with Gasteiger partial charge in [-0.15, -0.1) is 0 Å². The van der Waals surface area contributed by atoms with E-state index in [2.05, 4.69) is 8.75 Å². The molecule has 2 rings (SSSR count). The zero-order chi connectivity index (χ0) is 11.5. The molecule has 1 amide bonds. The van der Waals surface area contributed by atoms with Crippen molar-refractivity contribution < 1.29 is 14.7 Å². The summed E-state index contributed by atoms with van der Waals surface area (Å²) in [5.74, 6) is -1.28. The Labute approximate surface area is 96.2 Å². The highest BCUT2D eigenvalue weighted by Gasteiger charge is 2.33. The van der Waals surface area contributed by atoms with Gasteiger partial charge >= 0.3 is 5.97 Å². The number of likely N-dealkylation sites (tertiary alicyclic amines) is 1. The molecule has 0 spiro atoms.